The van der Waals surface area contributed by atoms with Gasteiger partial charge in [-0.2, -0.15) is 0 Å². The van der Waals surface area contributed by atoms with Gasteiger partial charge in [0, 0.05) is 12.6 Å². The minimum absolute atomic E-state index is 0.102. The second-order valence-electron chi connectivity index (χ2n) is 8.27. The Kier molecular flexibility index (Phi) is 6.12. The molecule has 0 amide bonds. The van der Waals surface area contributed by atoms with Crippen LogP contribution in [0.1, 0.15) is 39.2 Å². The molecule has 2 atom stereocenters. The highest BCUT2D eigenvalue weighted by Crippen LogP contribution is 2.40. The molecule has 0 radical (unpaired) electrons. The van der Waals surface area contributed by atoms with Crippen LogP contribution >= 0.6 is 0 Å². The fourth-order valence-electron chi connectivity index (χ4n) is 2.91. The summed E-state index contributed by atoms with van der Waals surface area (Å²) in [4.78, 5) is 2.34. The van der Waals surface area contributed by atoms with E-state index in [2.05, 4.69) is 50.9 Å². The zero-order valence-corrected chi connectivity index (χ0v) is 17.0. The maximum absolute atomic E-state index is 9.77. The Hall–Kier alpha value is -0.883. The molecule has 1 aliphatic rings. The van der Waals surface area contributed by atoms with Gasteiger partial charge in [0.1, 0.15) is 5.75 Å². The predicted octanol–water partition coefficient (Wildman–Crippen LogP) is 4.00. The Bertz CT molecular complexity index is 524. The summed E-state index contributed by atoms with van der Waals surface area (Å²) in [7, 11) is -0.148. The van der Waals surface area contributed by atoms with E-state index in [1.807, 2.05) is 12.1 Å². The molecule has 136 valence electrons. The molecule has 0 aromatic heterocycles. The average molecular weight is 352 g/mol. The fraction of sp³-hybridized carbons (Fsp3) is 0.684. The molecule has 1 aliphatic heterocycles. The molecule has 1 fully saturated rings. The number of aliphatic hydroxyl groups excluding tert-OH is 1. The molecule has 1 aromatic carbocycles. The molecule has 0 bridgehead atoms. The summed E-state index contributed by atoms with van der Waals surface area (Å²) in [5, 5.41) is 9.96. The number of rotatable bonds is 6. The topological polar surface area (TPSA) is 41.9 Å². The summed E-state index contributed by atoms with van der Waals surface area (Å²) in [5.74, 6) is 0.868. The molecule has 1 heterocycles. The van der Waals surface area contributed by atoms with E-state index in [0.29, 0.717) is 0 Å². The first kappa shape index (κ1) is 19.4. The Morgan fingerprint density at radius 1 is 1.17 bits per heavy atom. The number of ether oxygens (including phenoxy) is 1. The molecule has 0 saturated carbocycles. The van der Waals surface area contributed by atoms with Crippen LogP contribution in [0.3, 0.4) is 0 Å². The lowest BCUT2D eigenvalue weighted by molar-refractivity contribution is 0.00726. The van der Waals surface area contributed by atoms with E-state index in [9.17, 15) is 5.11 Å². The van der Waals surface area contributed by atoms with Crippen LogP contribution in [0.2, 0.25) is 18.1 Å². The van der Waals surface area contributed by atoms with Gasteiger partial charge in [-0.3, -0.25) is 4.90 Å². The molecule has 2 rings (SSSR count). The first-order chi connectivity index (χ1) is 11.2. The van der Waals surface area contributed by atoms with Crippen LogP contribution in [-0.2, 0) is 11.0 Å². The van der Waals surface area contributed by atoms with Crippen molar-refractivity contribution in [2.45, 2.75) is 70.6 Å². The van der Waals surface area contributed by atoms with E-state index >= 15 is 0 Å². The van der Waals surface area contributed by atoms with Crippen LogP contribution in [0.5, 0.6) is 5.75 Å². The zero-order valence-electron chi connectivity index (χ0n) is 16.0. The first-order valence-electron chi connectivity index (χ1n) is 8.85. The first-order valence-corrected chi connectivity index (χ1v) is 11.8. The number of hydrogen-bond donors (Lipinski definition) is 1. The van der Waals surface area contributed by atoms with E-state index < -0.39 is 8.32 Å². The Labute approximate surface area is 147 Å². The van der Waals surface area contributed by atoms with Crippen molar-refractivity contribution in [2.75, 3.05) is 13.7 Å². The summed E-state index contributed by atoms with van der Waals surface area (Å²) in [6.07, 6.45) is 2.09. The van der Waals surface area contributed by atoms with Crippen molar-refractivity contribution in [3.63, 3.8) is 0 Å². The van der Waals surface area contributed by atoms with Crippen molar-refractivity contribution in [1.82, 2.24) is 4.90 Å². The van der Waals surface area contributed by atoms with Gasteiger partial charge in [0.2, 0.25) is 0 Å². The van der Waals surface area contributed by atoms with Gasteiger partial charge >= 0.3 is 0 Å². The Morgan fingerprint density at radius 3 is 2.29 bits per heavy atom. The molecular weight excluding hydrogens is 318 g/mol. The average Bonchev–Trinajstić information content (AvgIpc) is 2.88. The fourth-order valence-corrected chi connectivity index (χ4v) is 4.20. The number of aliphatic hydroxyl groups is 1. The second-order valence-corrected chi connectivity index (χ2v) is 13.0. The van der Waals surface area contributed by atoms with Gasteiger partial charge in [-0.25, -0.2) is 0 Å². The van der Waals surface area contributed by atoms with Crippen molar-refractivity contribution in [2.24, 2.45) is 0 Å². The molecule has 5 heteroatoms. The van der Waals surface area contributed by atoms with E-state index in [1.54, 1.807) is 7.11 Å². The summed E-state index contributed by atoms with van der Waals surface area (Å²) in [6, 6.07) is 8.35. The van der Waals surface area contributed by atoms with E-state index in [0.717, 1.165) is 25.1 Å². The SMILES string of the molecule is COc1ccc(CN2C(CO)CCC2O[Si](C)(C)C(C)(C)C)cc1. The lowest BCUT2D eigenvalue weighted by Gasteiger charge is -2.41. The predicted molar refractivity (Wildman–Crippen MR) is 101 cm³/mol. The quantitative estimate of drug-likeness (QED) is 0.787. The number of benzene rings is 1. The van der Waals surface area contributed by atoms with Crippen LogP contribution < -0.4 is 4.74 Å². The summed E-state index contributed by atoms with van der Waals surface area (Å²) >= 11 is 0. The number of nitrogens with zero attached hydrogens (tertiary/aromatic N) is 1. The molecule has 0 aliphatic carbocycles. The van der Waals surface area contributed by atoms with E-state index in [1.165, 1.54) is 5.56 Å². The molecule has 4 nitrogen and oxygen atoms in total. The van der Waals surface area contributed by atoms with Crippen molar-refractivity contribution in [3.05, 3.63) is 29.8 Å². The van der Waals surface area contributed by atoms with Gasteiger partial charge in [-0.15, -0.1) is 0 Å². The van der Waals surface area contributed by atoms with Gasteiger partial charge in [0.05, 0.1) is 19.9 Å². The smallest absolute Gasteiger partial charge is 0.194 e. The third kappa shape index (κ3) is 4.39. The van der Waals surface area contributed by atoms with Crippen LogP contribution in [-0.4, -0.2) is 44.3 Å². The van der Waals surface area contributed by atoms with Crippen LogP contribution in [0, 0.1) is 0 Å². The third-order valence-corrected chi connectivity index (χ3v) is 10.0. The highest BCUT2D eigenvalue weighted by molar-refractivity contribution is 6.74. The van der Waals surface area contributed by atoms with Crippen LogP contribution in [0.4, 0.5) is 0 Å². The normalized spacial score (nSPS) is 22.8. The third-order valence-electron chi connectivity index (χ3n) is 5.56. The number of methoxy groups -OCH3 is 1. The lowest BCUT2D eigenvalue weighted by Crippen LogP contribution is -2.49. The molecule has 2 unspecified atom stereocenters. The van der Waals surface area contributed by atoms with Crippen LogP contribution in [0.25, 0.3) is 0 Å². The second kappa shape index (κ2) is 7.56. The van der Waals surface area contributed by atoms with Crippen molar-refractivity contribution in [1.29, 1.82) is 0 Å². The van der Waals surface area contributed by atoms with Gasteiger partial charge < -0.3 is 14.3 Å². The van der Waals surface area contributed by atoms with Crippen molar-refractivity contribution in [3.8, 4) is 5.75 Å². The Balaban J connectivity index is 2.13. The maximum Gasteiger partial charge on any atom is 0.194 e. The minimum atomic E-state index is -1.83. The van der Waals surface area contributed by atoms with E-state index in [4.69, 9.17) is 9.16 Å². The van der Waals surface area contributed by atoms with Crippen molar-refractivity contribution < 1.29 is 14.3 Å². The number of hydrogen-bond acceptors (Lipinski definition) is 4. The highest BCUT2D eigenvalue weighted by Gasteiger charge is 2.43. The van der Waals surface area contributed by atoms with Gasteiger partial charge in [-0.05, 0) is 48.7 Å². The molecule has 1 saturated heterocycles. The summed E-state index contributed by atoms with van der Waals surface area (Å²) < 4.78 is 11.9. The van der Waals surface area contributed by atoms with Gasteiger partial charge in [-0.1, -0.05) is 32.9 Å². The number of likely N-dealkylation sites (tertiary alicyclic amines) is 1. The van der Waals surface area contributed by atoms with E-state index in [-0.39, 0.29) is 23.9 Å². The highest BCUT2D eigenvalue weighted by atomic mass is 28.4. The molecule has 1 N–H and O–H groups in total. The zero-order chi connectivity index (χ0) is 18.0. The summed E-state index contributed by atoms with van der Waals surface area (Å²) in [5.41, 5.74) is 1.22. The standard InChI is InChI=1S/C19H33NO3Si/c1-19(2,3)24(5,6)23-18-12-9-16(14-21)20(18)13-15-7-10-17(22-4)11-8-15/h7-8,10-11,16,18,21H,9,12-14H2,1-6H3. The maximum atomic E-state index is 9.77. The molecule has 0 spiro atoms. The summed E-state index contributed by atoms with van der Waals surface area (Å²) in [6.45, 7) is 12.4. The van der Waals surface area contributed by atoms with Crippen molar-refractivity contribution >= 4 is 8.32 Å². The Morgan fingerprint density at radius 2 is 1.79 bits per heavy atom. The lowest BCUT2D eigenvalue weighted by atomic mass is 10.2. The van der Waals surface area contributed by atoms with Crippen LogP contribution in [0.15, 0.2) is 24.3 Å². The minimum Gasteiger partial charge on any atom is -0.497 e. The largest absolute Gasteiger partial charge is 0.497 e. The van der Waals surface area contributed by atoms with Gasteiger partial charge in [0.25, 0.3) is 0 Å². The monoisotopic (exact) mass is 351 g/mol. The molecule has 24 heavy (non-hydrogen) atoms. The molecular formula is C19H33NO3Si. The van der Waals surface area contributed by atoms with Gasteiger partial charge in [0.15, 0.2) is 8.32 Å². The molecule has 1 aromatic rings.